The van der Waals surface area contributed by atoms with Gasteiger partial charge in [-0.15, -0.1) is 5.10 Å². The Morgan fingerprint density at radius 3 is 2.39 bits per heavy atom. The van der Waals surface area contributed by atoms with Crippen LogP contribution in [0, 0.1) is 6.92 Å². The van der Waals surface area contributed by atoms with E-state index in [1.165, 1.54) is 15.9 Å². The quantitative estimate of drug-likeness (QED) is 0.474. The van der Waals surface area contributed by atoms with E-state index < -0.39 is 5.60 Å². The van der Waals surface area contributed by atoms with Gasteiger partial charge in [-0.2, -0.15) is 4.52 Å². The molecule has 0 bridgehead atoms. The van der Waals surface area contributed by atoms with Crippen molar-refractivity contribution in [3.8, 4) is 5.88 Å². The van der Waals surface area contributed by atoms with E-state index >= 15 is 0 Å². The highest BCUT2D eigenvalue weighted by Gasteiger charge is 2.38. The van der Waals surface area contributed by atoms with Crippen LogP contribution in [0.2, 0.25) is 5.02 Å². The van der Waals surface area contributed by atoms with E-state index in [1.54, 1.807) is 0 Å². The minimum absolute atomic E-state index is 0.132. The lowest BCUT2D eigenvalue weighted by atomic mass is 9.83. The Morgan fingerprint density at radius 1 is 1.06 bits per heavy atom. The van der Waals surface area contributed by atoms with Crippen LogP contribution in [0.25, 0.3) is 4.96 Å². The summed E-state index contributed by atoms with van der Waals surface area (Å²) in [6.07, 6.45) is 1.19. The van der Waals surface area contributed by atoms with Crippen molar-refractivity contribution >= 4 is 27.9 Å². The van der Waals surface area contributed by atoms with E-state index in [-0.39, 0.29) is 11.9 Å². The standard InChI is InChI=1S/C23H23ClN4O2S/c1-15-25-22-28(26-15)21(29)20(31-22)19(16-5-3-2-4-6-16)27-13-11-23(30,12-14-27)17-7-9-18(24)10-8-17/h2-10,19,29-30H,11-14H2,1H3/t19-/m1/s1. The topological polar surface area (TPSA) is 73.9 Å². The van der Waals surface area contributed by atoms with Gasteiger partial charge in [0.2, 0.25) is 10.8 Å². The van der Waals surface area contributed by atoms with Gasteiger partial charge >= 0.3 is 0 Å². The molecule has 0 unspecified atom stereocenters. The molecule has 6 nitrogen and oxygen atoms in total. The van der Waals surface area contributed by atoms with E-state index in [2.05, 4.69) is 27.1 Å². The fourth-order valence-corrected chi connectivity index (χ4v) is 5.68. The molecule has 1 atom stereocenters. The van der Waals surface area contributed by atoms with Crippen molar-refractivity contribution < 1.29 is 10.2 Å². The number of benzene rings is 2. The molecule has 0 spiro atoms. The molecule has 1 aliphatic rings. The molecule has 0 amide bonds. The van der Waals surface area contributed by atoms with Gasteiger partial charge in [-0.05, 0) is 43.0 Å². The zero-order chi connectivity index (χ0) is 21.6. The number of fused-ring (bicyclic) bond motifs is 1. The SMILES string of the molecule is Cc1nc2sc([C@@H](c3ccccc3)N3CCC(O)(c4ccc(Cl)cc4)CC3)c(O)n2n1. The summed E-state index contributed by atoms with van der Waals surface area (Å²) in [4.78, 5) is 8.24. The summed E-state index contributed by atoms with van der Waals surface area (Å²) in [5, 5.41) is 27.2. The molecule has 1 fully saturated rings. The first-order chi connectivity index (χ1) is 14.9. The van der Waals surface area contributed by atoms with Crippen LogP contribution in [0.15, 0.2) is 54.6 Å². The van der Waals surface area contributed by atoms with Crippen molar-refractivity contribution in [3.63, 3.8) is 0 Å². The van der Waals surface area contributed by atoms with Gasteiger partial charge in [0.05, 0.1) is 16.5 Å². The highest BCUT2D eigenvalue weighted by molar-refractivity contribution is 7.17. The zero-order valence-corrected chi connectivity index (χ0v) is 18.6. The average Bonchev–Trinajstić information content (AvgIpc) is 3.28. The first-order valence-corrected chi connectivity index (χ1v) is 11.5. The number of aromatic hydroxyl groups is 1. The Morgan fingerprint density at radius 2 is 1.74 bits per heavy atom. The molecule has 160 valence electrons. The first kappa shape index (κ1) is 20.5. The third kappa shape index (κ3) is 3.72. The highest BCUT2D eigenvalue weighted by Crippen LogP contribution is 2.43. The lowest BCUT2D eigenvalue weighted by molar-refractivity contribution is -0.0323. The Bertz CT molecular complexity index is 1200. The van der Waals surface area contributed by atoms with Gasteiger partial charge in [-0.25, -0.2) is 4.98 Å². The highest BCUT2D eigenvalue weighted by atomic mass is 35.5. The molecule has 3 heterocycles. The van der Waals surface area contributed by atoms with Crippen LogP contribution in [0.1, 0.15) is 40.7 Å². The van der Waals surface area contributed by atoms with Crippen LogP contribution in [0.4, 0.5) is 0 Å². The van der Waals surface area contributed by atoms with Crippen molar-refractivity contribution in [3.05, 3.63) is 81.4 Å². The molecule has 0 saturated carbocycles. The molecular formula is C23H23ClN4O2S. The normalized spacial score (nSPS) is 17.8. The molecule has 31 heavy (non-hydrogen) atoms. The second-order valence-corrected chi connectivity index (χ2v) is 9.48. The van der Waals surface area contributed by atoms with Crippen LogP contribution in [-0.2, 0) is 5.60 Å². The fourth-order valence-electron chi connectivity index (χ4n) is 4.39. The maximum atomic E-state index is 11.3. The zero-order valence-electron chi connectivity index (χ0n) is 17.1. The maximum absolute atomic E-state index is 11.3. The Labute approximate surface area is 189 Å². The molecule has 0 aliphatic carbocycles. The van der Waals surface area contributed by atoms with Crippen LogP contribution in [0.5, 0.6) is 5.88 Å². The minimum atomic E-state index is -0.882. The van der Waals surface area contributed by atoms with Gasteiger partial charge in [0.1, 0.15) is 5.82 Å². The lowest BCUT2D eigenvalue weighted by Gasteiger charge is -2.42. The third-order valence-electron chi connectivity index (χ3n) is 6.04. The summed E-state index contributed by atoms with van der Waals surface area (Å²) < 4.78 is 1.51. The summed E-state index contributed by atoms with van der Waals surface area (Å²) in [5.41, 5.74) is 1.11. The number of halogens is 1. The fraction of sp³-hybridized carbons (Fsp3) is 0.304. The predicted molar refractivity (Wildman–Crippen MR) is 122 cm³/mol. The number of hydrogen-bond donors (Lipinski definition) is 2. The second-order valence-electron chi connectivity index (χ2n) is 8.03. The number of likely N-dealkylation sites (tertiary alicyclic amines) is 1. The summed E-state index contributed by atoms with van der Waals surface area (Å²) in [6, 6.07) is 17.5. The molecule has 2 aromatic carbocycles. The summed E-state index contributed by atoms with van der Waals surface area (Å²) in [7, 11) is 0. The van der Waals surface area contributed by atoms with Gasteiger partial charge in [-0.3, -0.25) is 4.90 Å². The van der Waals surface area contributed by atoms with Gasteiger partial charge in [0.15, 0.2) is 0 Å². The number of nitrogens with zero attached hydrogens (tertiary/aromatic N) is 4. The number of piperidine rings is 1. The third-order valence-corrected chi connectivity index (χ3v) is 7.37. The Balaban J connectivity index is 1.47. The van der Waals surface area contributed by atoms with E-state index in [0.717, 1.165) is 16.0 Å². The molecule has 5 rings (SSSR count). The van der Waals surface area contributed by atoms with E-state index in [9.17, 15) is 10.2 Å². The molecule has 1 aliphatic heterocycles. The molecule has 2 aromatic heterocycles. The largest absolute Gasteiger partial charge is 0.492 e. The predicted octanol–water partition coefficient (Wildman–Crippen LogP) is 4.53. The van der Waals surface area contributed by atoms with Gasteiger partial charge < -0.3 is 10.2 Å². The smallest absolute Gasteiger partial charge is 0.230 e. The van der Waals surface area contributed by atoms with Crippen molar-refractivity contribution in [2.45, 2.75) is 31.4 Å². The number of hydrogen-bond acceptors (Lipinski definition) is 6. The lowest BCUT2D eigenvalue weighted by Crippen LogP contribution is -2.44. The van der Waals surface area contributed by atoms with Crippen molar-refractivity contribution in [1.29, 1.82) is 0 Å². The van der Waals surface area contributed by atoms with E-state index in [4.69, 9.17) is 11.6 Å². The number of thiazole rings is 1. The van der Waals surface area contributed by atoms with Crippen molar-refractivity contribution in [1.82, 2.24) is 19.5 Å². The van der Waals surface area contributed by atoms with Crippen LogP contribution >= 0.6 is 22.9 Å². The molecule has 8 heteroatoms. The Hall–Kier alpha value is -2.45. The minimum Gasteiger partial charge on any atom is -0.492 e. The van der Waals surface area contributed by atoms with Crippen molar-refractivity contribution in [2.75, 3.05) is 13.1 Å². The molecule has 0 radical (unpaired) electrons. The second kappa shape index (κ2) is 7.91. The van der Waals surface area contributed by atoms with Gasteiger partial charge in [0, 0.05) is 18.1 Å². The Kier molecular flexibility index (Phi) is 5.22. The monoisotopic (exact) mass is 454 g/mol. The van der Waals surface area contributed by atoms with Gasteiger partial charge in [0.25, 0.3) is 0 Å². The van der Waals surface area contributed by atoms with Crippen LogP contribution in [-0.4, -0.2) is 42.8 Å². The average molecular weight is 455 g/mol. The number of aliphatic hydroxyl groups is 1. The number of rotatable bonds is 4. The van der Waals surface area contributed by atoms with E-state index in [1.807, 2.05) is 49.4 Å². The molecule has 2 N–H and O–H groups in total. The summed E-state index contributed by atoms with van der Waals surface area (Å²) in [5.74, 6) is 0.767. The van der Waals surface area contributed by atoms with Crippen LogP contribution in [0.3, 0.4) is 0 Å². The molecule has 4 aromatic rings. The summed E-state index contributed by atoms with van der Waals surface area (Å²) >= 11 is 7.48. The van der Waals surface area contributed by atoms with Gasteiger partial charge in [-0.1, -0.05) is 65.4 Å². The summed E-state index contributed by atoms with van der Waals surface area (Å²) in [6.45, 7) is 3.19. The maximum Gasteiger partial charge on any atom is 0.230 e. The first-order valence-electron chi connectivity index (χ1n) is 10.3. The van der Waals surface area contributed by atoms with Crippen molar-refractivity contribution in [2.24, 2.45) is 0 Å². The molecule has 1 saturated heterocycles. The molecular weight excluding hydrogens is 432 g/mol. The number of aromatic nitrogens is 3. The number of aryl methyl sites for hydroxylation is 1. The van der Waals surface area contributed by atoms with E-state index in [0.29, 0.717) is 41.7 Å². The van der Waals surface area contributed by atoms with Crippen LogP contribution < -0.4 is 0 Å².